The number of aliphatic hydroxyl groups is 1. The minimum Gasteiger partial charge on any atom is -0.481 e. The average molecular weight is 285 g/mol. The van der Waals surface area contributed by atoms with Crippen molar-refractivity contribution in [3.63, 3.8) is 0 Å². The summed E-state index contributed by atoms with van der Waals surface area (Å²) in [5, 5.41) is 20.7. The van der Waals surface area contributed by atoms with Crippen molar-refractivity contribution in [2.45, 2.75) is 18.1 Å². The number of Topliss-reactive ketones (excluding diaryl/α,β-unsaturated/α-hetero) is 1. The van der Waals surface area contributed by atoms with Crippen molar-refractivity contribution >= 4 is 18.2 Å². The van der Waals surface area contributed by atoms with Crippen LogP contribution in [0.2, 0.25) is 0 Å². The zero-order chi connectivity index (χ0) is 15.1. The SMILES string of the molecule is O=CNC1(CC(=O)O)C(=O)c2c(F)ccc(F)c2C1O. The highest BCUT2D eigenvalue weighted by atomic mass is 19.1. The van der Waals surface area contributed by atoms with E-state index in [-0.39, 0.29) is 6.41 Å². The van der Waals surface area contributed by atoms with E-state index < -0.39 is 52.6 Å². The summed E-state index contributed by atoms with van der Waals surface area (Å²) in [6, 6.07) is 1.40. The number of halogens is 2. The first-order chi connectivity index (χ1) is 9.35. The zero-order valence-electron chi connectivity index (χ0n) is 9.89. The van der Waals surface area contributed by atoms with Gasteiger partial charge < -0.3 is 15.5 Å². The molecule has 2 atom stereocenters. The Morgan fingerprint density at radius 2 is 2.00 bits per heavy atom. The predicted octanol–water partition coefficient (Wildman–Crippen LogP) is 0.154. The molecule has 1 aliphatic carbocycles. The van der Waals surface area contributed by atoms with Gasteiger partial charge in [0.15, 0.2) is 5.78 Å². The number of amides is 1. The van der Waals surface area contributed by atoms with Crippen LogP contribution in [0.4, 0.5) is 8.78 Å². The molecule has 0 saturated heterocycles. The number of nitrogens with one attached hydrogen (secondary N) is 1. The summed E-state index contributed by atoms with van der Waals surface area (Å²) in [5.41, 5.74) is -3.70. The van der Waals surface area contributed by atoms with Crippen LogP contribution in [0.1, 0.15) is 28.4 Å². The van der Waals surface area contributed by atoms with Gasteiger partial charge in [-0.05, 0) is 12.1 Å². The first kappa shape index (κ1) is 14.1. The Bertz CT molecular complexity index is 618. The number of hydrogen-bond acceptors (Lipinski definition) is 4. The summed E-state index contributed by atoms with van der Waals surface area (Å²) >= 11 is 0. The lowest BCUT2D eigenvalue weighted by Crippen LogP contribution is -2.54. The van der Waals surface area contributed by atoms with Crippen molar-refractivity contribution in [2.75, 3.05) is 0 Å². The first-order valence-corrected chi connectivity index (χ1v) is 5.49. The number of rotatable bonds is 4. The van der Waals surface area contributed by atoms with Gasteiger partial charge in [-0.2, -0.15) is 0 Å². The molecule has 1 aliphatic rings. The van der Waals surface area contributed by atoms with Gasteiger partial charge >= 0.3 is 5.97 Å². The molecule has 0 saturated carbocycles. The van der Waals surface area contributed by atoms with Crippen molar-refractivity contribution < 1.29 is 33.4 Å². The Morgan fingerprint density at radius 1 is 1.40 bits per heavy atom. The highest BCUT2D eigenvalue weighted by Crippen LogP contribution is 2.43. The van der Waals surface area contributed by atoms with E-state index >= 15 is 0 Å². The number of aliphatic carboxylic acids is 1. The highest BCUT2D eigenvalue weighted by molar-refractivity contribution is 6.11. The molecule has 106 valence electrons. The zero-order valence-corrected chi connectivity index (χ0v) is 9.89. The number of carbonyl (C=O) groups is 3. The summed E-state index contributed by atoms with van der Waals surface area (Å²) in [6.07, 6.45) is -2.98. The van der Waals surface area contributed by atoms with Crippen LogP contribution in [0.5, 0.6) is 0 Å². The fourth-order valence-corrected chi connectivity index (χ4v) is 2.38. The van der Waals surface area contributed by atoms with Crippen molar-refractivity contribution in [3.05, 3.63) is 34.9 Å². The number of carboxylic acids is 1. The van der Waals surface area contributed by atoms with Crippen LogP contribution < -0.4 is 5.32 Å². The van der Waals surface area contributed by atoms with Gasteiger partial charge in [0.2, 0.25) is 6.41 Å². The molecule has 0 heterocycles. The molecule has 0 bridgehead atoms. The third-order valence-corrected chi connectivity index (χ3v) is 3.26. The van der Waals surface area contributed by atoms with E-state index in [0.717, 1.165) is 0 Å². The maximum atomic E-state index is 13.7. The second-order valence-corrected chi connectivity index (χ2v) is 4.35. The summed E-state index contributed by atoms with van der Waals surface area (Å²) in [5.74, 6) is -4.83. The number of aliphatic hydroxyl groups excluding tert-OH is 1. The van der Waals surface area contributed by atoms with Crippen LogP contribution in [0.25, 0.3) is 0 Å². The molecule has 0 radical (unpaired) electrons. The molecular formula is C12H9F2NO5. The van der Waals surface area contributed by atoms with Crippen molar-refractivity contribution in [3.8, 4) is 0 Å². The Hall–Kier alpha value is -2.35. The predicted molar refractivity (Wildman–Crippen MR) is 59.8 cm³/mol. The quantitative estimate of drug-likeness (QED) is 0.683. The Morgan fingerprint density at radius 3 is 2.50 bits per heavy atom. The van der Waals surface area contributed by atoms with Gasteiger partial charge in [-0.25, -0.2) is 8.78 Å². The van der Waals surface area contributed by atoms with Gasteiger partial charge in [0.05, 0.1) is 12.0 Å². The van der Waals surface area contributed by atoms with E-state index in [4.69, 9.17) is 5.11 Å². The second kappa shape index (κ2) is 4.64. The normalized spacial score (nSPS) is 24.4. The van der Waals surface area contributed by atoms with E-state index in [0.29, 0.717) is 12.1 Å². The van der Waals surface area contributed by atoms with Crippen LogP contribution in [-0.4, -0.2) is 33.9 Å². The minimum absolute atomic E-state index is 0.00570. The molecule has 0 aliphatic heterocycles. The largest absolute Gasteiger partial charge is 0.481 e. The van der Waals surface area contributed by atoms with Gasteiger partial charge in [-0.3, -0.25) is 14.4 Å². The third kappa shape index (κ3) is 1.76. The summed E-state index contributed by atoms with van der Waals surface area (Å²) in [6.45, 7) is 0. The molecule has 2 rings (SSSR count). The van der Waals surface area contributed by atoms with E-state index in [9.17, 15) is 28.3 Å². The molecule has 1 aromatic rings. The monoisotopic (exact) mass is 285 g/mol. The van der Waals surface area contributed by atoms with Crippen LogP contribution in [-0.2, 0) is 9.59 Å². The minimum atomic E-state index is -2.31. The number of carbonyl (C=O) groups excluding carboxylic acids is 2. The number of benzene rings is 1. The molecule has 3 N–H and O–H groups in total. The molecule has 1 aromatic carbocycles. The van der Waals surface area contributed by atoms with Crippen molar-refractivity contribution in [2.24, 2.45) is 0 Å². The lowest BCUT2D eigenvalue weighted by atomic mass is 9.88. The molecule has 1 amide bonds. The molecule has 0 spiro atoms. The lowest BCUT2D eigenvalue weighted by Gasteiger charge is -2.28. The molecule has 0 fully saturated rings. The van der Waals surface area contributed by atoms with E-state index in [1.165, 1.54) is 0 Å². The van der Waals surface area contributed by atoms with Gasteiger partial charge in [0, 0.05) is 5.56 Å². The molecule has 8 heteroatoms. The van der Waals surface area contributed by atoms with Gasteiger partial charge in [0.1, 0.15) is 23.3 Å². The van der Waals surface area contributed by atoms with E-state index in [1.807, 2.05) is 5.32 Å². The fourth-order valence-electron chi connectivity index (χ4n) is 2.38. The van der Waals surface area contributed by atoms with Gasteiger partial charge in [-0.15, -0.1) is 0 Å². The highest BCUT2D eigenvalue weighted by Gasteiger charge is 2.56. The standard InChI is InChI=1S/C12H9F2NO5/c13-5-1-2-6(14)9-8(5)10(19)12(11(9)20,15-4-16)3-7(17)18/h1-2,4,10,19H,3H2,(H,15,16)(H,17,18). The fraction of sp³-hybridized carbons (Fsp3) is 0.250. The summed E-state index contributed by atoms with van der Waals surface area (Å²) < 4.78 is 27.3. The molecule has 0 aromatic heterocycles. The summed E-state index contributed by atoms with van der Waals surface area (Å²) in [7, 11) is 0. The third-order valence-electron chi connectivity index (χ3n) is 3.26. The van der Waals surface area contributed by atoms with Crippen molar-refractivity contribution in [1.29, 1.82) is 0 Å². The maximum Gasteiger partial charge on any atom is 0.306 e. The maximum absolute atomic E-state index is 13.7. The topological polar surface area (TPSA) is 104 Å². The molecular weight excluding hydrogens is 276 g/mol. The Balaban J connectivity index is 2.67. The van der Waals surface area contributed by atoms with E-state index in [2.05, 4.69) is 0 Å². The molecule has 2 unspecified atom stereocenters. The van der Waals surface area contributed by atoms with Crippen LogP contribution >= 0.6 is 0 Å². The molecule has 6 nitrogen and oxygen atoms in total. The van der Waals surface area contributed by atoms with E-state index in [1.54, 1.807) is 0 Å². The van der Waals surface area contributed by atoms with Crippen LogP contribution in [0.15, 0.2) is 12.1 Å². The Labute approximate surface area is 111 Å². The Kier molecular flexibility index (Phi) is 3.26. The van der Waals surface area contributed by atoms with Crippen molar-refractivity contribution in [1.82, 2.24) is 5.32 Å². The van der Waals surface area contributed by atoms with Crippen LogP contribution in [0, 0.1) is 11.6 Å². The number of fused-ring (bicyclic) bond motifs is 1. The lowest BCUT2D eigenvalue weighted by molar-refractivity contribution is -0.139. The smallest absolute Gasteiger partial charge is 0.306 e. The number of ketones is 1. The van der Waals surface area contributed by atoms with Gasteiger partial charge in [0.25, 0.3) is 0 Å². The first-order valence-electron chi connectivity index (χ1n) is 5.49. The average Bonchev–Trinajstić information content (AvgIpc) is 2.57. The van der Waals surface area contributed by atoms with Gasteiger partial charge in [-0.1, -0.05) is 0 Å². The summed E-state index contributed by atoms with van der Waals surface area (Å²) in [4.78, 5) is 33.6. The number of carboxylic acid groups (broad SMARTS) is 1. The molecule has 20 heavy (non-hydrogen) atoms. The second-order valence-electron chi connectivity index (χ2n) is 4.35. The van der Waals surface area contributed by atoms with Crippen LogP contribution in [0.3, 0.4) is 0 Å². The number of hydrogen-bond donors (Lipinski definition) is 3.